The Morgan fingerprint density at radius 3 is 1.85 bits per heavy atom. The normalized spacial score (nSPS) is 12.0. The Bertz CT molecular complexity index is 507. The zero-order valence-electron chi connectivity index (χ0n) is 12.2. The Morgan fingerprint density at radius 2 is 1.45 bits per heavy atom. The lowest BCUT2D eigenvalue weighted by Gasteiger charge is -2.31. The molecule has 20 heavy (non-hydrogen) atoms. The molecule has 0 radical (unpaired) electrons. The van der Waals surface area contributed by atoms with E-state index >= 15 is 0 Å². The van der Waals surface area contributed by atoms with Gasteiger partial charge in [-0.05, 0) is 45.2 Å². The predicted molar refractivity (Wildman–Crippen MR) is 84.2 cm³/mol. The van der Waals surface area contributed by atoms with Crippen molar-refractivity contribution >= 4 is 33.3 Å². The fourth-order valence-electron chi connectivity index (χ4n) is 1.13. The summed E-state index contributed by atoms with van der Waals surface area (Å²) in [6.45, 7) is 6.31. The van der Waals surface area contributed by atoms with Crippen molar-refractivity contribution in [1.29, 1.82) is 0 Å². The topological polar surface area (TPSA) is 80.9 Å². The molecule has 0 saturated heterocycles. The lowest BCUT2D eigenvalue weighted by atomic mass is 9.89. The number of hydrogen-bond acceptors (Lipinski definition) is 5. The highest BCUT2D eigenvalue weighted by Crippen LogP contribution is 2.19. The zero-order chi connectivity index (χ0) is 15.6. The van der Waals surface area contributed by atoms with Crippen LogP contribution in [0, 0.1) is 0 Å². The van der Waals surface area contributed by atoms with Crippen molar-refractivity contribution in [2.45, 2.75) is 38.9 Å². The van der Waals surface area contributed by atoms with Crippen molar-refractivity contribution in [3.8, 4) is 0 Å². The standard InChI is InChI=1S/C8H7BO2S.C6H14O2/c10-9(11)8-5-6-3-1-2-4-7(6)12-8;1-5(2,7)6(3,4)8/h1-5,10-11H;7-8H,1-4H3. The van der Waals surface area contributed by atoms with Gasteiger partial charge in [0.15, 0.2) is 0 Å². The predicted octanol–water partition coefficient (Wildman–Crippen LogP) is 1.11. The van der Waals surface area contributed by atoms with Crippen LogP contribution in [0.1, 0.15) is 27.7 Å². The van der Waals surface area contributed by atoms with Gasteiger partial charge in [-0.1, -0.05) is 18.2 Å². The van der Waals surface area contributed by atoms with E-state index in [0.717, 1.165) is 10.1 Å². The summed E-state index contributed by atoms with van der Waals surface area (Å²) in [6, 6.07) is 9.59. The maximum Gasteiger partial charge on any atom is 0.499 e. The molecular formula is C14H21BO4S. The zero-order valence-corrected chi connectivity index (χ0v) is 13.0. The molecule has 110 valence electrons. The Labute approximate surface area is 123 Å². The average molecular weight is 296 g/mol. The van der Waals surface area contributed by atoms with Gasteiger partial charge in [0, 0.05) is 9.48 Å². The third-order valence-electron chi connectivity index (χ3n) is 3.20. The van der Waals surface area contributed by atoms with E-state index in [-0.39, 0.29) is 0 Å². The first-order chi connectivity index (χ1) is 9.02. The van der Waals surface area contributed by atoms with E-state index in [1.807, 2.05) is 24.3 Å². The van der Waals surface area contributed by atoms with Gasteiger partial charge in [-0.2, -0.15) is 0 Å². The molecule has 0 aliphatic heterocycles. The van der Waals surface area contributed by atoms with Crippen LogP contribution in [-0.4, -0.2) is 38.6 Å². The summed E-state index contributed by atoms with van der Waals surface area (Å²) in [6.07, 6.45) is 0. The minimum Gasteiger partial charge on any atom is -0.423 e. The molecule has 0 aliphatic carbocycles. The summed E-state index contributed by atoms with van der Waals surface area (Å²) >= 11 is 1.41. The third-order valence-corrected chi connectivity index (χ3v) is 4.35. The first-order valence-electron chi connectivity index (χ1n) is 6.32. The highest BCUT2D eigenvalue weighted by molar-refractivity contribution is 7.27. The number of rotatable bonds is 2. The lowest BCUT2D eigenvalue weighted by molar-refractivity contribution is -0.107. The summed E-state index contributed by atoms with van der Waals surface area (Å²) in [4.78, 5) is 0. The second-order valence-electron chi connectivity index (χ2n) is 5.68. The molecule has 4 N–H and O–H groups in total. The summed E-state index contributed by atoms with van der Waals surface area (Å²) < 4.78 is 1.68. The number of aliphatic hydroxyl groups is 2. The van der Waals surface area contributed by atoms with Crippen molar-refractivity contribution in [3.05, 3.63) is 30.3 Å². The van der Waals surface area contributed by atoms with Crippen LogP contribution in [0.5, 0.6) is 0 Å². The van der Waals surface area contributed by atoms with E-state index in [0.29, 0.717) is 4.78 Å². The summed E-state index contributed by atoms with van der Waals surface area (Å²) in [5.74, 6) is 0. The summed E-state index contributed by atoms with van der Waals surface area (Å²) in [5.41, 5.74) is -2.01. The minimum atomic E-state index is -1.35. The Morgan fingerprint density at radius 1 is 0.950 bits per heavy atom. The SMILES string of the molecule is CC(C)(O)C(C)(C)O.OB(O)c1cc2ccccc2s1. The van der Waals surface area contributed by atoms with Crippen molar-refractivity contribution < 1.29 is 20.3 Å². The van der Waals surface area contributed by atoms with Gasteiger partial charge in [0.2, 0.25) is 0 Å². The van der Waals surface area contributed by atoms with Crippen LogP contribution in [0.15, 0.2) is 30.3 Å². The Hall–Kier alpha value is -0.915. The molecule has 2 rings (SSSR count). The van der Waals surface area contributed by atoms with E-state index in [4.69, 9.17) is 20.3 Å². The molecule has 0 unspecified atom stereocenters. The molecule has 4 nitrogen and oxygen atoms in total. The van der Waals surface area contributed by atoms with E-state index in [9.17, 15) is 0 Å². The molecule has 1 aromatic heterocycles. The van der Waals surface area contributed by atoms with Crippen molar-refractivity contribution in [1.82, 2.24) is 0 Å². The lowest BCUT2D eigenvalue weighted by Crippen LogP contribution is -2.44. The number of benzene rings is 1. The largest absolute Gasteiger partial charge is 0.499 e. The van der Waals surface area contributed by atoms with Crippen molar-refractivity contribution in [2.75, 3.05) is 0 Å². The van der Waals surface area contributed by atoms with Gasteiger partial charge in [-0.3, -0.25) is 0 Å². The number of hydrogen-bond donors (Lipinski definition) is 4. The molecule has 0 amide bonds. The fraction of sp³-hybridized carbons (Fsp3) is 0.429. The van der Waals surface area contributed by atoms with Gasteiger partial charge in [-0.25, -0.2) is 0 Å². The molecule has 1 heterocycles. The Balaban J connectivity index is 0.000000221. The molecule has 0 bridgehead atoms. The van der Waals surface area contributed by atoms with Crippen LogP contribution in [0.3, 0.4) is 0 Å². The quantitative estimate of drug-likeness (QED) is 0.626. The molecule has 0 atom stereocenters. The van der Waals surface area contributed by atoms with E-state index in [2.05, 4.69) is 0 Å². The minimum absolute atomic E-state index is 0.594. The summed E-state index contributed by atoms with van der Waals surface area (Å²) in [7, 11) is -1.35. The van der Waals surface area contributed by atoms with Crippen LogP contribution in [-0.2, 0) is 0 Å². The van der Waals surface area contributed by atoms with Crippen LogP contribution in [0.25, 0.3) is 10.1 Å². The monoisotopic (exact) mass is 296 g/mol. The van der Waals surface area contributed by atoms with Crippen LogP contribution >= 0.6 is 11.3 Å². The molecule has 0 saturated carbocycles. The number of thiophene rings is 1. The van der Waals surface area contributed by atoms with Gasteiger partial charge in [0.05, 0.1) is 11.2 Å². The van der Waals surface area contributed by atoms with Crippen LogP contribution < -0.4 is 4.78 Å². The summed E-state index contributed by atoms with van der Waals surface area (Å²) in [5, 5.41) is 37.1. The molecule has 0 spiro atoms. The molecule has 6 heteroatoms. The molecule has 1 aromatic carbocycles. The smallest absolute Gasteiger partial charge is 0.423 e. The average Bonchev–Trinajstić information content (AvgIpc) is 2.70. The number of fused-ring (bicyclic) bond motifs is 1. The Kier molecular flexibility index (Phi) is 5.35. The highest BCUT2D eigenvalue weighted by atomic mass is 32.1. The van der Waals surface area contributed by atoms with Crippen LogP contribution in [0.2, 0.25) is 0 Å². The van der Waals surface area contributed by atoms with Crippen LogP contribution in [0.4, 0.5) is 0 Å². The molecule has 0 fully saturated rings. The third kappa shape index (κ3) is 4.57. The molecule has 2 aromatic rings. The second-order valence-corrected chi connectivity index (χ2v) is 6.79. The van der Waals surface area contributed by atoms with Gasteiger partial charge >= 0.3 is 7.12 Å². The first kappa shape index (κ1) is 17.1. The van der Waals surface area contributed by atoms with Crippen molar-refractivity contribution in [3.63, 3.8) is 0 Å². The van der Waals surface area contributed by atoms with E-state index < -0.39 is 18.3 Å². The van der Waals surface area contributed by atoms with Gasteiger partial charge in [-0.15, -0.1) is 11.3 Å². The van der Waals surface area contributed by atoms with Gasteiger partial charge in [0.1, 0.15) is 0 Å². The maximum absolute atomic E-state index is 9.10. The van der Waals surface area contributed by atoms with E-state index in [1.54, 1.807) is 33.8 Å². The van der Waals surface area contributed by atoms with Gasteiger partial charge < -0.3 is 20.3 Å². The highest BCUT2D eigenvalue weighted by Gasteiger charge is 2.31. The molecule has 0 aliphatic rings. The van der Waals surface area contributed by atoms with E-state index in [1.165, 1.54) is 11.3 Å². The fourth-order valence-corrected chi connectivity index (χ4v) is 2.07. The first-order valence-corrected chi connectivity index (χ1v) is 7.13. The molecular weight excluding hydrogens is 275 g/mol. The maximum atomic E-state index is 9.10. The second kappa shape index (κ2) is 6.24. The van der Waals surface area contributed by atoms with Crippen molar-refractivity contribution in [2.24, 2.45) is 0 Å². The van der Waals surface area contributed by atoms with Gasteiger partial charge in [0.25, 0.3) is 0 Å².